The molecule has 0 unspecified atom stereocenters. The highest BCUT2D eigenvalue weighted by atomic mass is 28.3. The van der Waals surface area contributed by atoms with Crippen molar-refractivity contribution in [2.45, 2.75) is 61.2 Å². The minimum atomic E-state index is -0.794. The average molecular weight is 450 g/mol. The van der Waals surface area contributed by atoms with E-state index in [4.69, 9.17) is 0 Å². The van der Waals surface area contributed by atoms with Gasteiger partial charge in [-0.3, -0.25) is 0 Å². The zero-order valence-electron chi connectivity index (χ0n) is 22.6. The van der Waals surface area contributed by atoms with Gasteiger partial charge in [-0.1, -0.05) is 134 Å². The average Bonchev–Trinajstić information content (AvgIpc) is 2.82. The Balaban J connectivity index is 0.000000586. The van der Waals surface area contributed by atoms with Gasteiger partial charge in [-0.25, -0.2) is 0 Å². The quantitative estimate of drug-likeness (QED) is 0.217. The topological polar surface area (TPSA) is 3.24 Å². The summed E-state index contributed by atoms with van der Waals surface area (Å²) in [6.45, 7) is 19.1. The zero-order chi connectivity index (χ0) is 24.7. The maximum absolute atomic E-state index is 2.38. The molecule has 32 heavy (non-hydrogen) atoms. The molecule has 0 spiro atoms. The van der Waals surface area contributed by atoms with Gasteiger partial charge >= 0.3 is 0 Å². The number of fused-ring (bicyclic) bond motifs is 6. The monoisotopic (exact) mass is 449 g/mol. The van der Waals surface area contributed by atoms with Crippen LogP contribution >= 0.6 is 0 Å². The molecule has 0 saturated carbocycles. The van der Waals surface area contributed by atoms with Crippen LogP contribution in [0.5, 0.6) is 0 Å². The summed E-state index contributed by atoms with van der Waals surface area (Å²) in [5.41, 5.74) is 0. The van der Waals surface area contributed by atoms with Crippen molar-refractivity contribution in [3.05, 3.63) is 72.8 Å². The van der Waals surface area contributed by atoms with Crippen molar-refractivity contribution >= 4 is 40.4 Å². The van der Waals surface area contributed by atoms with Crippen LogP contribution in [0.4, 0.5) is 0 Å². The minimum Gasteiger partial charge on any atom is -0.312 e. The second-order valence-corrected chi connectivity index (χ2v) is 13.9. The van der Waals surface area contributed by atoms with Gasteiger partial charge in [-0.05, 0) is 52.6 Å². The molecule has 0 saturated heterocycles. The summed E-state index contributed by atoms with van der Waals surface area (Å²) in [4.78, 5) is 2.27. The molecule has 0 aromatic heterocycles. The molecule has 0 atom stereocenters. The van der Waals surface area contributed by atoms with Crippen LogP contribution in [0.15, 0.2) is 72.8 Å². The molecule has 0 amide bonds. The lowest BCUT2D eigenvalue weighted by Crippen LogP contribution is -2.35. The molecule has 0 aliphatic heterocycles. The SMILES string of the molecule is CC.CC.CC.CN(C)C[Si](C)(C)C.c1ccc2c(c1)c1ccccc1c1ccccc21. The van der Waals surface area contributed by atoms with Crippen LogP contribution in [0.1, 0.15) is 41.5 Å². The summed E-state index contributed by atoms with van der Waals surface area (Å²) >= 11 is 0. The van der Waals surface area contributed by atoms with E-state index in [1.54, 1.807) is 0 Å². The Bertz CT molecular complexity index is 808. The summed E-state index contributed by atoms with van der Waals surface area (Å²) in [7, 11) is 3.48. The Morgan fingerprint density at radius 3 is 0.750 bits per heavy atom. The maximum Gasteiger partial charge on any atom is 0.0599 e. The van der Waals surface area contributed by atoms with Gasteiger partial charge < -0.3 is 4.90 Å². The number of nitrogens with zero attached hydrogens (tertiary/aromatic N) is 1. The van der Waals surface area contributed by atoms with Crippen LogP contribution in [-0.2, 0) is 0 Å². The Hall–Kier alpha value is -2.16. The summed E-state index contributed by atoms with van der Waals surface area (Å²) in [5.74, 6) is 0. The molecule has 0 bridgehead atoms. The third-order valence-corrected chi connectivity index (χ3v) is 6.02. The number of hydrogen-bond donors (Lipinski definition) is 0. The lowest BCUT2D eigenvalue weighted by Gasteiger charge is -2.20. The number of benzene rings is 4. The fourth-order valence-electron chi connectivity index (χ4n) is 3.81. The second kappa shape index (κ2) is 15.6. The van der Waals surface area contributed by atoms with E-state index in [1.165, 1.54) is 38.5 Å². The molecule has 4 aromatic carbocycles. The third kappa shape index (κ3) is 8.76. The highest BCUT2D eigenvalue weighted by Crippen LogP contribution is 2.34. The molecule has 176 valence electrons. The van der Waals surface area contributed by atoms with E-state index >= 15 is 0 Å². The smallest absolute Gasteiger partial charge is 0.0599 e. The van der Waals surface area contributed by atoms with Crippen LogP contribution in [0.25, 0.3) is 32.3 Å². The standard InChI is InChI=1S/C18H12.C6H17NSi.3C2H6/c1-2-8-14-13(7-1)15-9-3-4-11-17(15)18-12-6-5-10-16(14)18;1-7(2)6-8(3,4)5;3*1-2/h1-12H;6H2,1-5H3;3*1-2H3. The number of hydrogen-bond acceptors (Lipinski definition) is 1. The Labute approximate surface area is 199 Å². The first-order valence-electron chi connectivity index (χ1n) is 12.3. The molecular formula is C30H47NSi. The van der Waals surface area contributed by atoms with Crippen molar-refractivity contribution in [1.82, 2.24) is 4.90 Å². The Kier molecular flexibility index (Phi) is 14.6. The molecule has 0 N–H and O–H groups in total. The zero-order valence-corrected chi connectivity index (χ0v) is 23.6. The summed E-state index contributed by atoms with van der Waals surface area (Å²) in [6.07, 6.45) is 1.30. The third-order valence-electron chi connectivity index (χ3n) is 4.44. The molecule has 0 heterocycles. The highest BCUT2D eigenvalue weighted by molar-refractivity contribution is 6.76. The van der Waals surface area contributed by atoms with Gasteiger partial charge in [0.25, 0.3) is 0 Å². The van der Waals surface area contributed by atoms with Crippen molar-refractivity contribution < 1.29 is 0 Å². The van der Waals surface area contributed by atoms with Gasteiger partial charge in [0, 0.05) is 0 Å². The van der Waals surface area contributed by atoms with Gasteiger partial charge in [0.05, 0.1) is 8.07 Å². The van der Waals surface area contributed by atoms with Crippen LogP contribution in [0.2, 0.25) is 19.6 Å². The molecular weight excluding hydrogens is 402 g/mol. The molecule has 1 nitrogen and oxygen atoms in total. The predicted octanol–water partition coefficient (Wildman–Crippen LogP) is 9.65. The lowest BCUT2D eigenvalue weighted by molar-refractivity contribution is 0.471. The van der Waals surface area contributed by atoms with Gasteiger partial charge in [0.1, 0.15) is 0 Å². The molecule has 4 rings (SSSR count). The summed E-state index contributed by atoms with van der Waals surface area (Å²) in [6, 6.07) is 26.0. The van der Waals surface area contributed by atoms with Crippen LogP contribution in [0.3, 0.4) is 0 Å². The number of rotatable bonds is 2. The van der Waals surface area contributed by atoms with E-state index in [0.29, 0.717) is 0 Å². The largest absolute Gasteiger partial charge is 0.312 e. The highest BCUT2D eigenvalue weighted by Gasteiger charge is 2.12. The van der Waals surface area contributed by atoms with Crippen molar-refractivity contribution in [2.75, 3.05) is 20.3 Å². The minimum absolute atomic E-state index is 0.794. The normalized spacial score (nSPS) is 10.1. The molecule has 2 heteroatoms. The second-order valence-electron chi connectivity index (χ2n) is 8.44. The van der Waals surface area contributed by atoms with E-state index < -0.39 is 8.07 Å². The molecule has 0 radical (unpaired) electrons. The van der Waals surface area contributed by atoms with Crippen LogP contribution < -0.4 is 0 Å². The Morgan fingerprint density at radius 2 is 0.656 bits per heavy atom. The van der Waals surface area contributed by atoms with Crippen LogP contribution in [-0.4, -0.2) is 33.2 Å². The van der Waals surface area contributed by atoms with Gasteiger partial charge in [-0.15, -0.1) is 0 Å². The van der Waals surface area contributed by atoms with Crippen molar-refractivity contribution in [2.24, 2.45) is 0 Å². The van der Waals surface area contributed by atoms with Gasteiger partial charge in [0.2, 0.25) is 0 Å². The molecule has 0 aliphatic carbocycles. The fraction of sp³-hybridized carbons (Fsp3) is 0.400. The van der Waals surface area contributed by atoms with Crippen LogP contribution in [0, 0.1) is 0 Å². The summed E-state index contributed by atoms with van der Waals surface area (Å²) < 4.78 is 0. The van der Waals surface area contributed by atoms with Crippen molar-refractivity contribution in [1.29, 1.82) is 0 Å². The van der Waals surface area contributed by atoms with E-state index in [-0.39, 0.29) is 0 Å². The molecule has 0 aliphatic rings. The molecule has 0 fully saturated rings. The lowest BCUT2D eigenvalue weighted by atomic mass is 9.95. The van der Waals surface area contributed by atoms with E-state index in [9.17, 15) is 0 Å². The molecule has 4 aromatic rings. The summed E-state index contributed by atoms with van der Waals surface area (Å²) in [5, 5.41) is 8.04. The van der Waals surface area contributed by atoms with Gasteiger partial charge in [-0.2, -0.15) is 0 Å². The first-order valence-corrected chi connectivity index (χ1v) is 16.0. The van der Waals surface area contributed by atoms with Crippen molar-refractivity contribution in [3.8, 4) is 0 Å². The maximum atomic E-state index is 2.38. The predicted molar refractivity (Wildman–Crippen MR) is 155 cm³/mol. The van der Waals surface area contributed by atoms with E-state index in [2.05, 4.69) is 111 Å². The van der Waals surface area contributed by atoms with Crippen molar-refractivity contribution in [3.63, 3.8) is 0 Å². The first kappa shape index (κ1) is 29.8. The van der Waals surface area contributed by atoms with Gasteiger partial charge in [0.15, 0.2) is 0 Å². The van der Waals surface area contributed by atoms with E-state index in [0.717, 1.165) is 0 Å². The van der Waals surface area contributed by atoms with E-state index in [1.807, 2.05) is 41.5 Å². The fourth-order valence-corrected chi connectivity index (χ4v) is 5.70. The Morgan fingerprint density at radius 1 is 0.469 bits per heavy atom. The first-order chi connectivity index (χ1) is 15.4.